The average molecular weight is 390 g/mol. The molecule has 0 aromatic heterocycles. The summed E-state index contributed by atoms with van der Waals surface area (Å²) in [6, 6.07) is 9.46. The zero-order valence-corrected chi connectivity index (χ0v) is 13.4. The first kappa shape index (κ1) is 15.8. The number of nitrogens with one attached hydrogen (secondary N) is 1. The summed E-state index contributed by atoms with van der Waals surface area (Å²) in [5.74, 6) is -0.716. The Labute approximate surface area is 134 Å². The summed E-state index contributed by atoms with van der Waals surface area (Å²) in [6.45, 7) is 0. The molecule has 2 aromatic carbocycles. The van der Waals surface area contributed by atoms with Crippen molar-refractivity contribution in [3.8, 4) is 6.07 Å². The molecule has 2 rings (SSSR count). The average Bonchev–Trinajstić information content (AvgIpc) is 2.42. The van der Waals surface area contributed by atoms with Gasteiger partial charge in [0.2, 0.25) is 0 Å². The second-order valence-corrected chi connectivity index (χ2v) is 6.96. The van der Waals surface area contributed by atoms with Crippen molar-refractivity contribution in [3.63, 3.8) is 0 Å². The number of sulfonamides is 1. The largest absolute Gasteiger partial charge is 0.277 e. The molecule has 0 aliphatic rings. The van der Waals surface area contributed by atoms with E-state index >= 15 is 0 Å². The molecule has 0 unspecified atom stereocenters. The number of benzene rings is 2. The van der Waals surface area contributed by atoms with Gasteiger partial charge in [-0.15, -0.1) is 0 Å². The maximum atomic E-state index is 13.6. The first-order valence-corrected chi connectivity index (χ1v) is 8.16. The van der Waals surface area contributed by atoms with E-state index in [4.69, 9.17) is 16.9 Å². The van der Waals surface area contributed by atoms with E-state index in [2.05, 4.69) is 20.7 Å². The van der Waals surface area contributed by atoms with Gasteiger partial charge in [0.15, 0.2) is 0 Å². The maximum Gasteiger partial charge on any atom is 0.263 e. The van der Waals surface area contributed by atoms with Crippen molar-refractivity contribution in [3.05, 3.63) is 57.3 Å². The minimum absolute atomic E-state index is 0.114. The second kappa shape index (κ2) is 6.02. The Morgan fingerprint density at radius 2 is 1.95 bits per heavy atom. The Bertz CT molecular complexity index is 850. The predicted octanol–water partition coefficient (Wildman–Crippen LogP) is 3.91. The maximum absolute atomic E-state index is 13.6. The summed E-state index contributed by atoms with van der Waals surface area (Å²) in [6.07, 6.45) is 0. The van der Waals surface area contributed by atoms with E-state index in [1.54, 1.807) is 0 Å². The smallest absolute Gasteiger partial charge is 0.263 e. The van der Waals surface area contributed by atoms with E-state index in [1.165, 1.54) is 30.3 Å². The Kier molecular flexibility index (Phi) is 4.52. The summed E-state index contributed by atoms with van der Waals surface area (Å²) in [7, 11) is -4.06. The van der Waals surface area contributed by atoms with Crippen molar-refractivity contribution >= 4 is 43.2 Å². The van der Waals surface area contributed by atoms with Crippen LogP contribution >= 0.6 is 27.5 Å². The summed E-state index contributed by atoms with van der Waals surface area (Å²) in [5.41, 5.74) is 0.0254. The first-order valence-electron chi connectivity index (χ1n) is 5.51. The summed E-state index contributed by atoms with van der Waals surface area (Å²) < 4.78 is 40.7. The molecule has 0 bridgehead atoms. The fourth-order valence-electron chi connectivity index (χ4n) is 1.56. The summed E-state index contributed by atoms with van der Waals surface area (Å²) in [4.78, 5) is -0.234. The van der Waals surface area contributed by atoms with Crippen molar-refractivity contribution in [2.75, 3.05) is 4.72 Å². The molecule has 0 saturated heterocycles. The van der Waals surface area contributed by atoms with Gasteiger partial charge in [-0.25, -0.2) is 12.8 Å². The molecular weight excluding hydrogens is 383 g/mol. The van der Waals surface area contributed by atoms with Crippen LogP contribution in [0.3, 0.4) is 0 Å². The van der Waals surface area contributed by atoms with Crippen molar-refractivity contribution in [1.29, 1.82) is 5.26 Å². The molecule has 4 nitrogen and oxygen atoms in total. The van der Waals surface area contributed by atoms with Crippen LogP contribution in [0.1, 0.15) is 5.56 Å². The predicted molar refractivity (Wildman–Crippen MR) is 81.1 cm³/mol. The highest BCUT2D eigenvalue weighted by Gasteiger charge is 2.20. The Hall–Kier alpha value is -1.62. The van der Waals surface area contributed by atoms with Crippen LogP contribution in [0.15, 0.2) is 45.8 Å². The van der Waals surface area contributed by atoms with E-state index in [-0.39, 0.29) is 21.2 Å². The molecule has 0 spiro atoms. The van der Waals surface area contributed by atoms with Crippen LogP contribution in [0.2, 0.25) is 5.02 Å². The van der Waals surface area contributed by atoms with Gasteiger partial charge in [0.25, 0.3) is 10.0 Å². The van der Waals surface area contributed by atoms with Crippen LogP contribution in [0.4, 0.5) is 10.1 Å². The number of halogens is 3. The minimum atomic E-state index is -4.06. The normalized spacial score (nSPS) is 11.0. The van der Waals surface area contributed by atoms with Crippen LogP contribution in [0.5, 0.6) is 0 Å². The highest BCUT2D eigenvalue weighted by atomic mass is 79.9. The minimum Gasteiger partial charge on any atom is -0.277 e. The van der Waals surface area contributed by atoms with Gasteiger partial charge in [0.1, 0.15) is 10.7 Å². The number of hydrogen-bond acceptors (Lipinski definition) is 3. The van der Waals surface area contributed by atoms with Crippen LogP contribution in [-0.2, 0) is 10.0 Å². The van der Waals surface area contributed by atoms with Crippen molar-refractivity contribution in [2.45, 2.75) is 4.90 Å². The Morgan fingerprint density at radius 3 is 2.57 bits per heavy atom. The Morgan fingerprint density at radius 1 is 1.24 bits per heavy atom. The number of anilines is 1. The van der Waals surface area contributed by atoms with Crippen molar-refractivity contribution < 1.29 is 12.8 Å². The van der Waals surface area contributed by atoms with E-state index in [0.717, 1.165) is 6.07 Å². The fraction of sp³-hybridized carbons (Fsp3) is 0. The lowest BCUT2D eigenvalue weighted by Crippen LogP contribution is -2.14. The molecule has 0 aliphatic heterocycles. The molecule has 0 atom stereocenters. The molecule has 0 radical (unpaired) electrons. The van der Waals surface area contributed by atoms with Crippen LogP contribution in [0.25, 0.3) is 0 Å². The molecular formula is C13H7BrClFN2O2S. The van der Waals surface area contributed by atoms with Crippen LogP contribution in [0, 0.1) is 17.1 Å². The van der Waals surface area contributed by atoms with Gasteiger partial charge in [0, 0.05) is 4.47 Å². The fourth-order valence-corrected chi connectivity index (χ4v) is 3.53. The quantitative estimate of drug-likeness (QED) is 0.865. The second-order valence-electron chi connectivity index (χ2n) is 3.99. The highest BCUT2D eigenvalue weighted by molar-refractivity contribution is 9.10. The number of rotatable bonds is 3. The molecule has 0 heterocycles. The van der Waals surface area contributed by atoms with E-state index in [9.17, 15) is 12.8 Å². The lowest BCUT2D eigenvalue weighted by atomic mass is 10.2. The molecule has 1 N–H and O–H groups in total. The Balaban J connectivity index is 2.44. The molecule has 21 heavy (non-hydrogen) atoms. The van der Waals surface area contributed by atoms with Crippen LogP contribution in [-0.4, -0.2) is 8.42 Å². The summed E-state index contributed by atoms with van der Waals surface area (Å²) in [5, 5.41) is 8.62. The standard InChI is InChI=1S/C13H7BrClFN2O2S/c14-9-2-3-11(16)12(6-9)18-21(19,20)13-4-1-8(7-17)5-10(13)15/h1-6,18H. The zero-order chi connectivity index (χ0) is 15.6. The van der Waals surface area contributed by atoms with Gasteiger partial charge in [-0.05, 0) is 36.4 Å². The molecule has 0 aliphatic carbocycles. The molecule has 0 fully saturated rings. The molecule has 0 saturated carbocycles. The lowest BCUT2D eigenvalue weighted by molar-refractivity contribution is 0.598. The van der Waals surface area contributed by atoms with Gasteiger partial charge in [-0.1, -0.05) is 27.5 Å². The van der Waals surface area contributed by atoms with Crippen LogP contribution < -0.4 is 4.72 Å². The third kappa shape index (κ3) is 3.53. The van der Waals surface area contributed by atoms with Crippen molar-refractivity contribution in [1.82, 2.24) is 0 Å². The number of nitriles is 1. The monoisotopic (exact) mass is 388 g/mol. The molecule has 108 valence electrons. The van der Waals surface area contributed by atoms with E-state index < -0.39 is 15.8 Å². The topological polar surface area (TPSA) is 70.0 Å². The number of nitrogens with zero attached hydrogens (tertiary/aromatic N) is 1. The van der Waals surface area contributed by atoms with Gasteiger partial charge < -0.3 is 0 Å². The first-order chi connectivity index (χ1) is 9.83. The number of hydrogen-bond donors (Lipinski definition) is 1. The van der Waals surface area contributed by atoms with Crippen molar-refractivity contribution in [2.24, 2.45) is 0 Å². The van der Waals surface area contributed by atoms with Gasteiger partial charge in [0.05, 0.1) is 22.3 Å². The highest BCUT2D eigenvalue weighted by Crippen LogP contribution is 2.27. The molecule has 2 aromatic rings. The van der Waals surface area contributed by atoms with Gasteiger partial charge >= 0.3 is 0 Å². The molecule has 8 heteroatoms. The zero-order valence-electron chi connectivity index (χ0n) is 10.3. The third-order valence-electron chi connectivity index (χ3n) is 2.52. The van der Waals surface area contributed by atoms with Gasteiger partial charge in [-0.3, -0.25) is 4.72 Å². The van der Waals surface area contributed by atoms with E-state index in [0.29, 0.717) is 4.47 Å². The van der Waals surface area contributed by atoms with Gasteiger partial charge in [-0.2, -0.15) is 5.26 Å². The summed E-state index contributed by atoms with van der Waals surface area (Å²) >= 11 is 8.99. The third-order valence-corrected chi connectivity index (χ3v) is 4.86. The SMILES string of the molecule is N#Cc1ccc(S(=O)(=O)Nc2cc(Br)ccc2F)c(Cl)c1. The lowest BCUT2D eigenvalue weighted by Gasteiger charge is -2.10. The molecule has 0 amide bonds. The van der Waals surface area contributed by atoms with E-state index in [1.807, 2.05) is 6.07 Å².